The minimum atomic E-state index is -0.639. The van der Waals surface area contributed by atoms with Crippen LogP contribution in [0.1, 0.15) is 0 Å². The van der Waals surface area contributed by atoms with Gasteiger partial charge < -0.3 is 10.2 Å². The Labute approximate surface area is 61.6 Å². The van der Waals surface area contributed by atoms with Crippen LogP contribution >= 0.6 is 0 Å². The van der Waals surface area contributed by atoms with Crippen LogP contribution in [0.25, 0.3) is 11.0 Å². The Morgan fingerprint density at radius 2 is 2.36 bits per heavy atom. The van der Waals surface area contributed by atoms with Crippen molar-refractivity contribution in [2.45, 2.75) is 0 Å². The van der Waals surface area contributed by atoms with Gasteiger partial charge >= 0.3 is 0 Å². The zero-order valence-corrected chi connectivity index (χ0v) is 5.54. The Morgan fingerprint density at radius 1 is 1.55 bits per heavy atom. The van der Waals surface area contributed by atoms with Crippen LogP contribution in [0.5, 0.6) is 0 Å². The van der Waals surface area contributed by atoms with Crippen LogP contribution < -0.4 is 5.73 Å². The van der Waals surface area contributed by atoms with Crippen LogP contribution in [0, 0.1) is 6.01 Å². The van der Waals surface area contributed by atoms with E-state index < -0.39 is 6.01 Å². The number of nitrogens with two attached hydrogens (primary N) is 1. The number of nitrogen functional groups attached to an aromatic ring is 1. The van der Waals surface area contributed by atoms with E-state index in [0.717, 1.165) is 0 Å². The standard InChI is InChI=1S/C7H5FN2O/c8-5-3-4-1-2-10-7(9)6(4)11-5/h1-3H,(H2,9,10). The molecule has 56 valence electrons. The molecule has 0 radical (unpaired) electrons. The summed E-state index contributed by atoms with van der Waals surface area (Å²) >= 11 is 0. The molecule has 2 N–H and O–H groups in total. The van der Waals surface area contributed by atoms with Crippen LogP contribution in [0.2, 0.25) is 0 Å². The second-order valence-electron chi connectivity index (χ2n) is 2.17. The van der Waals surface area contributed by atoms with Gasteiger partial charge in [0.05, 0.1) is 0 Å². The third kappa shape index (κ3) is 0.832. The molecule has 0 fully saturated rings. The predicted octanol–water partition coefficient (Wildman–Crippen LogP) is 1.55. The van der Waals surface area contributed by atoms with Gasteiger partial charge in [-0.3, -0.25) is 0 Å². The van der Waals surface area contributed by atoms with E-state index in [4.69, 9.17) is 5.73 Å². The van der Waals surface area contributed by atoms with Crippen molar-refractivity contribution >= 4 is 16.8 Å². The van der Waals surface area contributed by atoms with Gasteiger partial charge in [-0.05, 0) is 6.07 Å². The van der Waals surface area contributed by atoms with Crippen molar-refractivity contribution in [3.63, 3.8) is 0 Å². The summed E-state index contributed by atoms with van der Waals surface area (Å²) in [6.07, 6.45) is 1.51. The van der Waals surface area contributed by atoms with Crippen molar-refractivity contribution in [3.05, 3.63) is 24.3 Å². The summed E-state index contributed by atoms with van der Waals surface area (Å²) in [5.41, 5.74) is 5.71. The summed E-state index contributed by atoms with van der Waals surface area (Å²) in [6, 6.07) is 2.27. The molecule has 4 heteroatoms. The van der Waals surface area contributed by atoms with Gasteiger partial charge in [0.25, 0.3) is 6.01 Å². The summed E-state index contributed by atoms with van der Waals surface area (Å²) < 4.78 is 17.1. The normalized spacial score (nSPS) is 10.6. The van der Waals surface area contributed by atoms with Gasteiger partial charge in [-0.25, -0.2) is 4.98 Å². The summed E-state index contributed by atoms with van der Waals surface area (Å²) in [4.78, 5) is 3.74. The van der Waals surface area contributed by atoms with Crippen LogP contribution in [-0.2, 0) is 0 Å². The number of furan rings is 1. The largest absolute Gasteiger partial charge is 0.427 e. The first-order valence-electron chi connectivity index (χ1n) is 3.07. The topological polar surface area (TPSA) is 52.0 Å². The van der Waals surface area contributed by atoms with E-state index in [1.165, 1.54) is 12.3 Å². The highest BCUT2D eigenvalue weighted by Crippen LogP contribution is 2.21. The summed E-state index contributed by atoms with van der Waals surface area (Å²) in [5, 5.41) is 0.634. The van der Waals surface area contributed by atoms with Gasteiger partial charge in [-0.1, -0.05) is 0 Å². The molecule has 0 unspecified atom stereocenters. The average Bonchev–Trinajstić information content (AvgIpc) is 2.31. The van der Waals surface area contributed by atoms with Crippen LogP contribution in [-0.4, -0.2) is 4.98 Å². The van der Waals surface area contributed by atoms with Gasteiger partial charge in [0, 0.05) is 17.6 Å². The highest BCUT2D eigenvalue weighted by molar-refractivity contribution is 5.85. The molecule has 0 aromatic carbocycles. The molecule has 0 bridgehead atoms. The molecule has 0 spiro atoms. The van der Waals surface area contributed by atoms with E-state index in [1.807, 2.05) is 0 Å². The lowest BCUT2D eigenvalue weighted by atomic mass is 10.3. The highest BCUT2D eigenvalue weighted by atomic mass is 19.1. The lowest BCUT2D eigenvalue weighted by Gasteiger charge is -1.89. The van der Waals surface area contributed by atoms with Crippen molar-refractivity contribution in [1.29, 1.82) is 0 Å². The third-order valence-corrected chi connectivity index (χ3v) is 1.43. The smallest absolute Gasteiger partial charge is 0.279 e. The molecule has 2 aromatic rings. The summed E-state index contributed by atoms with van der Waals surface area (Å²) in [6.45, 7) is 0. The fraction of sp³-hybridized carbons (Fsp3) is 0. The molecular weight excluding hydrogens is 147 g/mol. The number of halogens is 1. The SMILES string of the molecule is Nc1nccc2cc(F)oc12. The third-order valence-electron chi connectivity index (χ3n) is 1.43. The number of hydrogen-bond donors (Lipinski definition) is 1. The number of pyridine rings is 1. The second kappa shape index (κ2) is 1.95. The van der Waals surface area contributed by atoms with Crippen molar-refractivity contribution < 1.29 is 8.81 Å². The molecule has 0 aliphatic carbocycles. The number of rotatable bonds is 0. The number of hydrogen-bond acceptors (Lipinski definition) is 3. The van der Waals surface area contributed by atoms with E-state index in [-0.39, 0.29) is 5.82 Å². The molecule has 11 heavy (non-hydrogen) atoms. The maximum absolute atomic E-state index is 12.5. The van der Waals surface area contributed by atoms with Crippen LogP contribution in [0.15, 0.2) is 22.7 Å². The van der Waals surface area contributed by atoms with Crippen molar-refractivity contribution in [3.8, 4) is 0 Å². The molecule has 2 heterocycles. The first-order valence-corrected chi connectivity index (χ1v) is 3.07. The van der Waals surface area contributed by atoms with E-state index in [2.05, 4.69) is 9.40 Å². The molecular formula is C7H5FN2O. The highest BCUT2D eigenvalue weighted by Gasteiger charge is 2.04. The Hall–Kier alpha value is -1.58. The van der Waals surface area contributed by atoms with Crippen molar-refractivity contribution in [1.82, 2.24) is 4.98 Å². The van der Waals surface area contributed by atoms with E-state index in [0.29, 0.717) is 11.0 Å². The van der Waals surface area contributed by atoms with Gasteiger partial charge in [-0.2, -0.15) is 4.39 Å². The van der Waals surface area contributed by atoms with Crippen molar-refractivity contribution in [2.75, 3.05) is 5.73 Å². The molecule has 0 aliphatic rings. The maximum Gasteiger partial charge on any atom is 0.279 e. The summed E-state index contributed by atoms with van der Waals surface area (Å²) in [7, 11) is 0. The van der Waals surface area contributed by atoms with Crippen LogP contribution in [0.4, 0.5) is 10.2 Å². The quantitative estimate of drug-likeness (QED) is 0.623. The zero-order valence-electron chi connectivity index (χ0n) is 5.54. The lowest BCUT2D eigenvalue weighted by Crippen LogP contribution is -1.87. The molecule has 2 rings (SSSR count). The Balaban J connectivity index is 2.90. The molecule has 0 aliphatic heterocycles. The molecule has 0 saturated carbocycles. The average molecular weight is 152 g/mol. The van der Waals surface area contributed by atoms with Gasteiger partial charge in [-0.15, -0.1) is 0 Å². The number of anilines is 1. The molecule has 3 nitrogen and oxygen atoms in total. The molecule has 2 aromatic heterocycles. The summed E-state index contributed by atoms with van der Waals surface area (Å²) in [5.74, 6) is 0.214. The molecule has 0 amide bonds. The Bertz CT molecular complexity index is 396. The second-order valence-corrected chi connectivity index (χ2v) is 2.17. The minimum absolute atomic E-state index is 0.214. The van der Waals surface area contributed by atoms with Crippen LogP contribution in [0.3, 0.4) is 0 Å². The maximum atomic E-state index is 12.5. The minimum Gasteiger partial charge on any atom is -0.427 e. The van der Waals surface area contributed by atoms with E-state index >= 15 is 0 Å². The zero-order chi connectivity index (χ0) is 7.84. The number of aromatic nitrogens is 1. The monoisotopic (exact) mass is 152 g/mol. The van der Waals surface area contributed by atoms with Crippen molar-refractivity contribution in [2.24, 2.45) is 0 Å². The first kappa shape index (κ1) is 6.15. The van der Waals surface area contributed by atoms with E-state index in [9.17, 15) is 4.39 Å². The van der Waals surface area contributed by atoms with Gasteiger partial charge in [0.15, 0.2) is 11.4 Å². The fourth-order valence-corrected chi connectivity index (χ4v) is 0.954. The van der Waals surface area contributed by atoms with Gasteiger partial charge in [0.1, 0.15) is 0 Å². The predicted molar refractivity (Wildman–Crippen MR) is 38.4 cm³/mol. The number of nitrogens with zero attached hydrogens (tertiary/aromatic N) is 1. The molecule has 0 saturated heterocycles. The first-order chi connectivity index (χ1) is 5.27. The Morgan fingerprint density at radius 3 is 3.09 bits per heavy atom. The van der Waals surface area contributed by atoms with Gasteiger partial charge in [0.2, 0.25) is 0 Å². The Kier molecular flexibility index (Phi) is 1.09. The lowest BCUT2D eigenvalue weighted by molar-refractivity contribution is 0.381. The molecule has 0 atom stereocenters. The fourth-order valence-electron chi connectivity index (χ4n) is 0.954. The number of fused-ring (bicyclic) bond motifs is 1. The van der Waals surface area contributed by atoms with E-state index in [1.54, 1.807) is 6.07 Å².